The fourth-order valence-corrected chi connectivity index (χ4v) is 24.8. The van der Waals surface area contributed by atoms with Crippen LogP contribution in [0.4, 0.5) is 0 Å². The Labute approximate surface area is 630 Å². The molecule has 9 fully saturated rings. The van der Waals surface area contributed by atoms with E-state index in [9.17, 15) is 24.7 Å². The Balaban J connectivity index is 0.000000205. The minimum absolute atomic E-state index is 0.0256. The lowest BCUT2D eigenvalue weighted by Gasteiger charge is -2.45. The summed E-state index contributed by atoms with van der Waals surface area (Å²) in [5, 5.41) is 33.0. The molecule has 9 aliphatic rings. The maximum absolute atomic E-state index is 14.7. The third kappa shape index (κ3) is 21.0. The van der Waals surface area contributed by atoms with Crippen LogP contribution in [0.1, 0.15) is 266 Å². The molecule has 562 valence electrons. The van der Waals surface area contributed by atoms with Gasteiger partial charge in [0.1, 0.15) is 12.9 Å². The molecule has 0 amide bonds. The molecule has 9 nitrogen and oxygen atoms in total. The Bertz CT molecular complexity index is 3590. The van der Waals surface area contributed by atoms with E-state index < -0.39 is 82.9 Å². The van der Waals surface area contributed by atoms with E-state index in [4.69, 9.17) is 34.5 Å². The number of hydrogen-bond acceptors (Lipinski definition) is 9. The SMILES string of the molecule is C1CCOC1.C=C1/C(=C\CP(=O)(c2ccccc2)c2ccccc2)CC(O[Si](C)(C)C(C)(C)C)C[C@@H]1O[Si](C)(C)C(C)(C)C.[2H]C([2H])([2H])C(CCCC1(C2CCC3C(=O)CCC[C@@]32C)CC1)(O[Si](C)(C)C)C([2H])([2H])[2H].[2H]C([2H])([2H])C(O)(CCCC1(C2CCC3/C(=C/C=C4/CC(O)C[C@H](O)C4=C)CCC[C@@]32C)CC1)C([2H])([2H])[2H]. The van der Waals surface area contributed by atoms with E-state index in [1.54, 1.807) is 0 Å². The Morgan fingerprint density at radius 3 is 1.66 bits per heavy atom. The molecule has 13 heteroatoms. The van der Waals surface area contributed by atoms with Crippen LogP contribution in [0.25, 0.3) is 0 Å². The van der Waals surface area contributed by atoms with E-state index in [2.05, 4.69) is 113 Å². The van der Waals surface area contributed by atoms with Gasteiger partial charge in [-0.2, -0.15) is 0 Å². The lowest BCUT2D eigenvalue weighted by Crippen LogP contribution is -2.49. The van der Waals surface area contributed by atoms with E-state index >= 15 is 0 Å². The van der Waals surface area contributed by atoms with Gasteiger partial charge in [0, 0.05) is 71.6 Å². The molecule has 1 heterocycles. The second kappa shape index (κ2) is 32.9. The molecule has 11 rings (SSSR count). The highest BCUT2D eigenvalue weighted by Crippen LogP contribution is 2.71. The van der Waals surface area contributed by atoms with E-state index in [0.717, 1.165) is 150 Å². The summed E-state index contributed by atoms with van der Waals surface area (Å²) >= 11 is 0. The van der Waals surface area contributed by atoms with Crippen molar-refractivity contribution in [3.63, 3.8) is 0 Å². The highest BCUT2D eigenvalue weighted by atomic mass is 31.2. The summed E-state index contributed by atoms with van der Waals surface area (Å²) in [6.45, 7) is 32.5. The zero-order chi connectivity index (χ0) is 83.8. The molecule has 0 spiro atoms. The standard InChI is InChI=1S/C33H51O3PSi2.C28H44O3.C22H40O2Si.C4H8O/c1-26-27(22-23-37(34,29-18-14-12-15-19-29)30-20-16-13-17-21-30)24-28(35-38(8,9)32(2,3)4)25-31(26)36-39(10,11)33(5,6)7;1-19-21(17-22(29)18-24(19)30)9-8-20-7-5-13-27(4)23(20)10-11-25(27)28(15-16-28)14-6-12-26(2,3)31;1-20(2,24-25(4,5)6)12-8-14-22(15-16-22)19-11-10-17-18(23)9-7-13-21(17,19)3;1-2-4-5-3-1/h12-22,28,31H,1,23-25H2,2-11H3;8-9,22-25,29-31H,1,5-7,10-18H2,2-4H3;17,19H,7-16H2,1-6H3;1-4H2/b27-22-;20-8+,21-9-;;/t28?,31-;22?,23?,24-,25?,27-;17?,19?,21-;/m000./s1/i;2D3,3D3;1D3,2D3;. The molecule has 1 aliphatic heterocycles. The Morgan fingerprint density at radius 1 is 0.640 bits per heavy atom. The highest BCUT2D eigenvalue weighted by Gasteiger charge is 2.63. The normalized spacial score (nSPS) is 32.9. The van der Waals surface area contributed by atoms with Crippen LogP contribution >= 0.6 is 7.14 Å². The predicted molar refractivity (Wildman–Crippen MR) is 429 cm³/mol. The van der Waals surface area contributed by atoms with Crippen molar-refractivity contribution in [2.24, 2.45) is 45.3 Å². The quantitative estimate of drug-likeness (QED) is 0.0826. The molecule has 0 bridgehead atoms. The molecule has 8 saturated carbocycles. The molecular formula is C87H143O9PSi3. The molecule has 6 unspecified atom stereocenters. The van der Waals surface area contributed by atoms with E-state index in [0.29, 0.717) is 67.4 Å². The minimum atomic E-state index is -2.95. The van der Waals surface area contributed by atoms with Crippen molar-refractivity contribution in [2.45, 2.75) is 341 Å². The number of ketones is 1. The minimum Gasteiger partial charge on any atom is -0.413 e. The van der Waals surface area contributed by atoms with Gasteiger partial charge in [0.2, 0.25) is 0 Å². The monoisotopic (exact) mass is 1460 g/mol. The van der Waals surface area contributed by atoms with Gasteiger partial charge in [-0.25, -0.2) is 0 Å². The maximum atomic E-state index is 14.7. The molecule has 0 radical (unpaired) electrons. The zero-order valence-electron chi connectivity index (χ0n) is 76.8. The highest BCUT2D eigenvalue weighted by molar-refractivity contribution is 7.78. The number of fused-ring (bicyclic) bond motifs is 2. The van der Waals surface area contributed by atoms with Crippen LogP contribution in [0, 0.1) is 45.3 Å². The van der Waals surface area contributed by atoms with Gasteiger partial charge in [-0.3, -0.25) is 4.79 Å². The maximum Gasteiger partial charge on any atom is 0.192 e. The van der Waals surface area contributed by atoms with Gasteiger partial charge < -0.3 is 37.9 Å². The molecule has 100 heavy (non-hydrogen) atoms. The van der Waals surface area contributed by atoms with Crippen LogP contribution in [0.5, 0.6) is 0 Å². The molecule has 2 aromatic rings. The van der Waals surface area contributed by atoms with Gasteiger partial charge in [0.25, 0.3) is 0 Å². The predicted octanol–water partition coefficient (Wildman–Crippen LogP) is 22.1. The summed E-state index contributed by atoms with van der Waals surface area (Å²) in [6.07, 6.45) is 27.7. The first-order valence-electron chi connectivity index (χ1n) is 44.8. The third-order valence-electron chi connectivity index (χ3n) is 26.3. The van der Waals surface area contributed by atoms with E-state index in [1.807, 2.05) is 80.3 Å². The lowest BCUT2D eigenvalue weighted by molar-refractivity contribution is -0.130. The van der Waals surface area contributed by atoms with Crippen LogP contribution in [0.15, 0.2) is 120 Å². The first-order valence-corrected chi connectivity index (χ1v) is 49.9. The Kier molecular flexibility index (Phi) is 22.0. The fourth-order valence-electron chi connectivity index (χ4n) is 18.5. The number of allylic oxidation sites excluding steroid dienone is 4. The topological polar surface area (TPSA) is 132 Å². The van der Waals surface area contributed by atoms with Gasteiger partial charge in [-0.1, -0.05) is 166 Å². The van der Waals surface area contributed by atoms with Crippen LogP contribution in [0.3, 0.4) is 0 Å². The first kappa shape index (κ1) is 66.8. The van der Waals surface area contributed by atoms with Gasteiger partial charge in [-0.15, -0.1) is 0 Å². The number of aliphatic hydroxyl groups is 3. The number of Topliss-reactive ketones (excluding diaryl/α,β-unsaturated/α-hetero) is 1. The molecule has 10 atom stereocenters. The third-order valence-corrected chi connectivity index (χ3v) is 39.2. The summed E-state index contributed by atoms with van der Waals surface area (Å²) in [6, 6.07) is 19.8. The van der Waals surface area contributed by atoms with Crippen molar-refractivity contribution in [3.8, 4) is 0 Å². The number of aliphatic hydroxyl groups excluding tert-OH is 2. The number of ether oxygens (including phenoxy) is 1. The van der Waals surface area contributed by atoms with Crippen LogP contribution < -0.4 is 10.6 Å². The summed E-state index contributed by atoms with van der Waals surface area (Å²) in [5.74, 6) is 2.07. The lowest BCUT2D eigenvalue weighted by atomic mass is 9.59. The average Bonchev–Trinajstić information content (AvgIpc) is 1.58. The number of carbonyl (C=O) groups excluding carboxylic acids is 1. The van der Waals surface area contributed by atoms with Crippen LogP contribution in [-0.2, 0) is 27.4 Å². The Hall–Kier alpha value is -2.59. The molecule has 1 saturated heterocycles. The zero-order valence-corrected chi connectivity index (χ0v) is 68.7. The van der Waals surface area contributed by atoms with E-state index in [1.165, 1.54) is 18.4 Å². The largest absolute Gasteiger partial charge is 0.413 e. The molecular weight excluding hydrogens is 1300 g/mol. The summed E-state index contributed by atoms with van der Waals surface area (Å²) in [5.41, 5.74) is 0.921. The Morgan fingerprint density at radius 2 is 1.16 bits per heavy atom. The molecule has 0 aromatic heterocycles. The van der Waals surface area contributed by atoms with Crippen LogP contribution in [0.2, 0.25) is 55.9 Å². The van der Waals surface area contributed by atoms with Crippen molar-refractivity contribution >= 4 is 48.5 Å². The fraction of sp³-hybridized carbons (Fsp3) is 0.736. The summed E-state index contributed by atoms with van der Waals surface area (Å²) in [7, 11) is -9.32. The number of benzene rings is 2. The second-order valence-corrected chi connectivity index (χ2v) is 53.7. The van der Waals surface area contributed by atoms with Crippen molar-refractivity contribution in [2.75, 3.05) is 19.4 Å². The average molecular weight is 1460 g/mol. The van der Waals surface area contributed by atoms with Crippen molar-refractivity contribution < 1.29 is 59.1 Å². The van der Waals surface area contributed by atoms with Crippen molar-refractivity contribution in [3.05, 3.63) is 120 Å². The molecule has 2 aromatic carbocycles. The summed E-state index contributed by atoms with van der Waals surface area (Å²) < 4.78 is 134. The number of carbonyl (C=O) groups is 1. The van der Waals surface area contributed by atoms with Gasteiger partial charge in [0.05, 0.1) is 35.6 Å². The second-order valence-electron chi connectivity index (χ2n) is 36.9. The van der Waals surface area contributed by atoms with Gasteiger partial charge in [0.15, 0.2) is 25.0 Å². The van der Waals surface area contributed by atoms with E-state index in [-0.39, 0.29) is 62.7 Å². The smallest absolute Gasteiger partial charge is 0.192 e. The first-order chi connectivity index (χ1) is 51.4. The number of hydrogen-bond donors (Lipinski definition) is 3. The van der Waals surface area contributed by atoms with Gasteiger partial charge in [-0.05, 0) is 280 Å². The van der Waals surface area contributed by atoms with Crippen LogP contribution in [-0.4, -0.2) is 101 Å². The molecule has 3 N–H and O–H groups in total. The van der Waals surface area contributed by atoms with Crippen molar-refractivity contribution in [1.29, 1.82) is 0 Å². The summed E-state index contributed by atoms with van der Waals surface area (Å²) in [4.78, 5) is 12.5. The molecule has 8 aliphatic carbocycles. The van der Waals surface area contributed by atoms with Gasteiger partial charge >= 0.3 is 0 Å². The van der Waals surface area contributed by atoms with Crippen molar-refractivity contribution in [1.82, 2.24) is 0 Å². The number of rotatable bonds is 21.